The maximum absolute atomic E-state index is 10.7. The van der Waals surface area contributed by atoms with Gasteiger partial charge in [0, 0.05) is 17.7 Å². The number of nitrogens with zero attached hydrogens (tertiary/aromatic N) is 7. The quantitative estimate of drug-likeness (QED) is 0.277. The Balaban J connectivity index is 1.23. The lowest BCUT2D eigenvalue weighted by atomic mass is 9.98. The van der Waals surface area contributed by atoms with Gasteiger partial charge in [-0.3, -0.25) is 10.1 Å². The van der Waals surface area contributed by atoms with E-state index in [4.69, 9.17) is 4.74 Å². The van der Waals surface area contributed by atoms with E-state index in [1.54, 1.807) is 16.8 Å². The van der Waals surface area contributed by atoms with E-state index in [1.807, 2.05) is 54.7 Å². The van der Waals surface area contributed by atoms with Crippen LogP contribution in [0.15, 0.2) is 79.0 Å². The number of nitrogens with one attached hydrogen (secondary N) is 1. The third kappa shape index (κ3) is 4.63. The van der Waals surface area contributed by atoms with Crippen molar-refractivity contribution in [3.63, 3.8) is 0 Å². The Hall–Kier alpha value is -4.93. The molecule has 34 heavy (non-hydrogen) atoms. The minimum Gasteiger partial charge on any atom is -0.487 e. The first-order valence-corrected chi connectivity index (χ1v) is 10.3. The van der Waals surface area contributed by atoms with Crippen LogP contribution in [0.4, 0.5) is 5.69 Å². The van der Waals surface area contributed by atoms with Gasteiger partial charge in [0.15, 0.2) is 0 Å². The molecule has 0 saturated carbocycles. The first kappa shape index (κ1) is 20.9. The number of aromatic nitrogens is 7. The van der Waals surface area contributed by atoms with E-state index >= 15 is 0 Å². The molecule has 0 fully saturated rings. The molecule has 0 amide bonds. The number of H-pyrrole nitrogens is 1. The Bertz CT molecular complexity index is 1400. The van der Waals surface area contributed by atoms with Gasteiger partial charge in [0.25, 0.3) is 5.69 Å². The van der Waals surface area contributed by atoms with Gasteiger partial charge in [0.2, 0.25) is 5.82 Å². The third-order valence-corrected chi connectivity index (χ3v) is 5.14. The lowest BCUT2D eigenvalue weighted by Gasteiger charge is -2.08. The number of nitro benzene ring substituents is 1. The van der Waals surface area contributed by atoms with Crippen LogP contribution in [0.2, 0.25) is 0 Å². The van der Waals surface area contributed by atoms with Crippen LogP contribution in [-0.2, 0) is 13.2 Å². The highest BCUT2D eigenvalue weighted by Gasteiger charge is 2.11. The largest absolute Gasteiger partial charge is 0.487 e. The average Bonchev–Trinajstić information content (AvgIpc) is 3.56. The van der Waals surface area contributed by atoms with E-state index in [0.717, 1.165) is 22.3 Å². The highest BCUT2D eigenvalue weighted by atomic mass is 16.6. The van der Waals surface area contributed by atoms with Gasteiger partial charge >= 0.3 is 0 Å². The van der Waals surface area contributed by atoms with E-state index < -0.39 is 4.92 Å². The monoisotopic (exact) mass is 454 g/mol. The summed E-state index contributed by atoms with van der Waals surface area (Å²) in [4.78, 5) is 10.3. The molecular weight excluding hydrogens is 436 g/mol. The summed E-state index contributed by atoms with van der Waals surface area (Å²) in [6.07, 6.45) is 1.81. The number of tetrazole rings is 1. The highest BCUT2D eigenvalue weighted by Crippen LogP contribution is 2.29. The molecule has 0 radical (unpaired) electrons. The zero-order chi connectivity index (χ0) is 23.3. The summed E-state index contributed by atoms with van der Waals surface area (Å²) in [6, 6.07) is 22.0. The third-order valence-electron chi connectivity index (χ3n) is 5.14. The SMILES string of the molecule is O=[N+]([O-])c1ccc(OCc2cn(Cc3ccc(-c4ccccc4-c4nn[nH]n4)cc3)nn2)cc1. The molecule has 11 heteroatoms. The molecule has 168 valence electrons. The molecule has 2 aromatic heterocycles. The smallest absolute Gasteiger partial charge is 0.269 e. The minimum absolute atomic E-state index is 0.0163. The van der Waals surface area contributed by atoms with Crippen LogP contribution < -0.4 is 4.74 Å². The Morgan fingerprint density at radius 2 is 1.71 bits per heavy atom. The van der Waals surface area contributed by atoms with Crippen LogP contribution in [0.5, 0.6) is 5.75 Å². The second-order valence-electron chi connectivity index (χ2n) is 7.43. The molecule has 0 aliphatic carbocycles. The van der Waals surface area contributed by atoms with Crippen LogP contribution in [0, 0.1) is 10.1 Å². The first-order chi connectivity index (χ1) is 16.7. The van der Waals surface area contributed by atoms with E-state index in [-0.39, 0.29) is 12.3 Å². The van der Waals surface area contributed by atoms with Crippen molar-refractivity contribution in [2.75, 3.05) is 0 Å². The van der Waals surface area contributed by atoms with Gasteiger partial charge in [0.05, 0.1) is 17.7 Å². The second-order valence-corrected chi connectivity index (χ2v) is 7.43. The lowest BCUT2D eigenvalue weighted by Crippen LogP contribution is -2.00. The van der Waals surface area contributed by atoms with Crippen molar-refractivity contribution in [1.82, 2.24) is 35.6 Å². The van der Waals surface area contributed by atoms with Gasteiger partial charge in [-0.05, 0) is 34.0 Å². The molecule has 3 aromatic carbocycles. The number of non-ortho nitro benzene ring substituents is 1. The van der Waals surface area contributed by atoms with Crippen molar-refractivity contribution < 1.29 is 9.66 Å². The Morgan fingerprint density at radius 3 is 2.41 bits per heavy atom. The van der Waals surface area contributed by atoms with E-state index in [0.29, 0.717) is 23.8 Å². The van der Waals surface area contributed by atoms with E-state index in [2.05, 4.69) is 30.9 Å². The van der Waals surface area contributed by atoms with Gasteiger partial charge < -0.3 is 4.74 Å². The Labute approximate surface area is 193 Å². The van der Waals surface area contributed by atoms with Crippen molar-refractivity contribution in [3.8, 4) is 28.3 Å². The summed E-state index contributed by atoms with van der Waals surface area (Å²) < 4.78 is 7.37. The maximum Gasteiger partial charge on any atom is 0.269 e. The number of rotatable bonds is 8. The zero-order valence-corrected chi connectivity index (χ0v) is 17.8. The fourth-order valence-corrected chi connectivity index (χ4v) is 3.49. The molecule has 0 bridgehead atoms. The van der Waals surface area contributed by atoms with Crippen LogP contribution >= 0.6 is 0 Å². The molecule has 0 aliphatic rings. The lowest BCUT2D eigenvalue weighted by molar-refractivity contribution is -0.384. The van der Waals surface area contributed by atoms with Crippen molar-refractivity contribution in [2.24, 2.45) is 0 Å². The number of nitro groups is 1. The van der Waals surface area contributed by atoms with Crippen molar-refractivity contribution in [3.05, 3.63) is 100 Å². The summed E-state index contributed by atoms with van der Waals surface area (Å²) >= 11 is 0. The summed E-state index contributed by atoms with van der Waals surface area (Å²) in [5, 5.41) is 33.4. The number of hydrogen-bond donors (Lipinski definition) is 1. The molecule has 5 aromatic rings. The number of benzene rings is 3. The summed E-state index contributed by atoms with van der Waals surface area (Å²) in [5.74, 6) is 1.07. The summed E-state index contributed by atoms with van der Waals surface area (Å²) in [5.41, 5.74) is 4.69. The number of hydrogen-bond acceptors (Lipinski definition) is 8. The molecule has 0 unspecified atom stereocenters. The Morgan fingerprint density at radius 1 is 0.941 bits per heavy atom. The van der Waals surface area contributed by atoms with Gasteiger partial charge in [-0.25, -0.2) is 4.68 Å². The fourth-order valence-electron chi connectivity index (χ4n) is 3.49. The minimum atomic E-state index is -0.450. The number of ether oxygens (including phenoxy) is 1. The summed E-state index contributed by atoms with van der Waals surface area (Å²) in [6.45, 7) is 0.765. The highest BCUT2D eigenvalue weighted by molar-refractivity contribution is 5.80. The molecule has 0 saturated heterocycles. The van der Waals surface area contributed by atoms with Crippen molar-refractivity contribution >= 4 is 5.69 Å². The standard InChI is InChI=1S/C23H18N8O3/c32-31(33)19-9-11-20(12-10-19)34-15-18-14-30(29-24-18)13-16-5-7-17(8-6-16)21-3-1-2-4-22(21)23-25-27-28-26-23/h1-12,14H,13,15H2,(H,25,26,27,28). The van der Waals surface area contributed by atoms with Gasteiger partial charge in [-0.2, -0.15) is 5.21 Å². The summed E-state index contributed by atoms with van der Waals surface area (Å²) in [7, 11) is 0. The van der Waals surface area contributed by atoms with Crippen LogP contribution in [0.1, 0.15) is 11.3 Å². The second kappa shape index (κ2) is 9.28. The van der Waals surface area contributed by atoms with E-state index in [1.165, 1.54) is 12.1 Å². The first-order valence-electron chi connectivity index (χ1n) is 10.3. The van der Waals surface area contributed by atoms with Crippen LogP contribution in [0.3, 0.4) is 0 Å². The van der Waals surface area contributed by atoms with E-state index in [9.17, 15) is 10.1 Å². The van der Waals surface area contributed by atoms with Crippen molar-refractivity contribution in [2.45, 2.75) is 13.2 Å². The molecule has 2 heterocycles. The van der Waals surface area contributed by atoms with Gasteiger partial charge in [0.1, 0.15) is 18.1 Å². The predicted molar refractivity (Wildman–Crippen MR) is 122 cm³/mol. The van der Waals surface area contributed by atoms with Gasteiger partial charge in [-0.15, -0.1) is 15.3 Å². The molecular formula is C23H18N8O3. The molecule has 0 atom stereocenters. The van der Waals surface area contributed by atoms with Gasteiger partial charge in [-0.1, -0.05) is 53.7 Å². The van der Waals surface area contributed by atoms with Crippen LogP contribution in [-0.4, -0.2) is 40.5 Å². The molecule has 11 nitrogen and oxygen atoms in total. The van der Waals surface area contributed by atoms with Crippen LogP contribution in [0.25, 0.3) is 22.5 Å². The molecule has 5 rings (SSSR count). The van der Waals surface area contributed by atoms with Crippen molar-refractivity contribution in [1.29, 1.82) is 0 Å². The number of aromatic amines is 1. The average molecular weight is 454 g/mol. The predicted octanol–water partition coefficient (Wildman–Crippen LogP) is 3.66. The Kier molecular flexibility index (Phi) is 5.72. The normalized spacial score (nSPS) is 10.8. The fraction of sp³-hybridized carbons (Fsp3) is 0.0870. The molecule has 0 aliphatic heterocycles. The topological polar surface area (TPSA) is 138 Å². The molecule has 1 N–H and O–H groups in total. The molecule has 0 spiro atoms. The zero-order valence-electron chi connectivity index (χ0n) is 17.8. The maximum atomic E-state index is 10.7.